The van der Waals surface area contributed by atoms with Gasteiger partial charge in [-0.2, -0.15) is 4.98 Å². The Kier molecular flexibility index (Phi) is 8.75. The standard InChI is InChI=1S/C27H34N4O3S/c1-17-8-6-9-18(2)24(17)22-15-23(34-16-20(28)12-13-27(3,4)5)30-26(29-22)31-35-21-11-7-10-19(14-21)25(32)33/h6-11,14-15,20H,12-13,16,28H2,1-5H3,(H,32,33)(H,29,30,31). The van der Waals surface area contributed by atoms with E-state index in [1.165, 1.54) is 11.9 Å². The van der Waals surface area contributed by atoms with Crippen LogP contribution in [0.25, 0.3) is 11.3 Å². The van der Waals surface area contributed by atoms with Gasteiger partial charge in [0.15, 0.2) is 0 Å². The van der Waals surface area contributed by atoms with E-state index in [1.807, 2.05) is 44.2 Å². The molecule has 3 aromatic rings. The maximum Gasteiger partial charge on any atom is 0.335 e. The van der Waals surface area contributed by atoms with Crippen LogP contribution in [-0.2, 0) is 0 Å². The molecule has 35 heavy (non-hydrogen) atoms. The fourth-order valence-corrected chi connectivity index (χ4v) is 4.22. The van der Waals surface area contributed by atoms with Crippen molar-refractivity contribution in [2.24, 2.45) is 11.1 Å². The number of anilines is 1. The SMILES string of the molecule is Cc1cccc(C)c1-c1cc(OCC(N)CCC(C)(C)C)nc(NSc2cccc(C(=O)O)c2)n1. The van der Waals surface area contributed by atoms with Gasteiger partial charge in [-0.3, -0.25) is 4.72 Å². The summed E-state index contributed by atoms with van der Waals surface area (Å²) in [5.74, 6) is -0.167. The van der Waals surface area contributed by atoms with Gasteiger partial charge in [-0.15, -0.1) is 0 Å². The highest BCUT2D eigenvalue weighted by atomic mass is 32.2. The number of benzene rings is 2. The number of hydrogen-bond acceptors (Lipinski definition) is 7. The Balaban J connectivity index is 1.84. The van der Waals surface area contributed by atoms with Crippen LogP contribution in [0, 0.1) is 19.3 Å². The molecule has 1 atom stereocenters. The van der Waals surface area contributed by atoms with Crippen molar-refractivity contribution in [1.29, 1.82) is 0 Å². The van der Waals surface area contributed by atoms with E-state index in [0.29, 0.717) is 18.4 Å². The van der Waals surface area contributed by atoms with Gasteiger partial charge in [0.1, 0.15) is 6.61 Å². The molecule has 1 aromatic heterocycles. The third-order valence-electron chi connectivity index (χ3n) is 5.49. The maximum absolute atomic E-state index is 11.3. The number of hydrogen-bond donors (Lipinski definition) is 3. The van der Waals surface area contributed by atoms with Gasteiger partial charge >= 0.3 is 5.97 Å². The van der Waals surface area contributed by atoms with Crippen molar-refractivity contribution < 1.29 is 14.6 Å². The van der Waals surface area contributed by atoms with E-state index in [-0.39, 0.29) is 17.0 Å². The van der Waals surface area contributed by atoms with Crippen molar-refractivity contribution in [3.05, 3.63) is 65.2 Å². The van der Waals surface area contributed by atoms with E-state index in [4.69, 9.17) is 15.5 Å². The zero-order chi connectivity index (χ0) is 25.6. The number of nitrogens with one attached hydrogen (secondary N) is 1. The van der Waals surface area contributed by atoms with Crippen LogP contribution in [-0.4, -0.2) is 33.7 Å². The highest BCUT2D eigenvalue weighted by Crippen LogP contribution is 2.30. The molecule has 186 valence electrons. The van der Waals surface area contributed by atoms with Crippen LogP contribution in [0.5, 0.6) is 5.88 Å². The predicted octanol–water partition coefficient (Wildman–Crippen LogP) is 6.11. The molecule has 8 heteroatoms. The van der Waals surface area contributed by atoms with Crippen LogP contribution in [0.2, 0.25) is 0 Å². The van der Waals surface area contributed by atoms with Crippen molar-refractivity contribution in [1.82, 2.24) is 9.97 Å². The van der Waals surface area contributed by atoms with E-state index in [1.54, 1.807) is 18.2 Å². The Labute approximate surface area is 211 Å². The van der Waals surface area contributed by atoms with Crippen molar-refractivity contribution in [2.75, 3.05) is 11.3 Å². The molecule has 2 aromatic carbocycles. The number of aryl methyl sites for hydroxylation is 2. The van der Waals surface area contributed by atoms with Gasteiger partial charge in [0.05, 0.1) is 11.3 Å². The molecule has 0 fully saturated rings. The minimum atomic E-state index is -0.973. The van der Waals surface area contributed by atoms with Gasteiger partial charge in [0.25, 0.3) is 0 Å². The summed E-state index contributed by atoms with van der Waals surface area (Å²) in [7, 11) is 0. The van der Waals surface area contributed by atoms with Gasteiger partial charge < -0.3 is 15.6 Å². The first-order valence-corrected chi connectivity index (χ1v) is 12.4. The predicted molar refractivity (Wildman–Crippen MR) is 142 cm³/mol. The minimum Gasteiger partial charge on any atom is -0.478 e. The number of carboxylic acids is 1. The second-order valence-corrected chi connectivity index (χ2v) is 10.8. The first-order valence-electron chi connectivity index (χ1n) is 11.6. The molecule has 7 nitrogen and oxygen atoms in total. The Morgan fingerprint density at radius 3 is 2.46 bits per heavy atom. The number of rotatable bonds is 10. The molecule has 0 aliphatic heterocycles. The van der Waals surface area contributed by atoms with Gasteiger partial charge in [0, 0.05) is 22.6 Å². The fourth-order valence-electron chi connectivity index (χ4n) is 3.58. The topological polar surface area (TPSA) is 110 Å². The summed E-state index contributed by atoms with van der Waals surface area (Å²) in [4.78, 5) is 21.3. The van der Waals surface area contributed by atoms with E-state index < -0.39 is 5.97 Å². The fraction of sp³-hybridized carbons (Fsp3) is 0.370. The van der Waals surface area contributed by atoms with Crippen LogP contribution in [0.3, 0.4) is 0 Å². The highest BCUT2D eigenvalue weighted by Gasteiger charge is 2.16. The molecule has 0 saturated heterocycles. The van der Waals surface area contributed by atoms with E-state index in [2.05, 4.69) is 30.5 Å². The molecule has 0 aliphatic rings. The lowest BCUT2D eigenvalue weighted by Crippen LogP contribution is -2.29. The van der Waals surface area contributed by atoms with Crippen LogP contribution >= 0.6 is 11.9 Å². The number of nitrogens with zero attached hydrogens (tertiary/aromatic N) is 2. The lowest BCUT2D eigenvalue weighted by molar-refractivity contribution is 0.0696. The monoisotopic (exact) mass is 494 g/mol. The van der Waals surface area contributed by atoms with Gasteiger partial charge in [-0.25, -0.2) is 9.78 Å². The summed E-state index contributed by atoms with van der Waals surface area (Å²) in [6.45, 7) is 11.0. The summed E-state index contributed by atoms with van der Waals surface area (Å²) in [5.41, 5.74) is 10.7. The molecule has 0 radical (unpaired) electrons. The summed E-state index contributed by atoms with van der Waals surface area (Å²) in [6, 6.07) is 14.5. The molecule has 1 unspecified atom stereocenters. The zero-order valence-electron chi connectivity index (χ0n) is 21.0. The molecule has 3 rings (SSSR count). The number of aromatic carboxylic acids is 1. The number of nitrogens with two attached hydrogens (primary N) is 1. The Hall–Kier alpha value is -3.10. The molecule has 0 aliphatic carbocycles. The summed E-state index contributed by atoms with van der Waals surface area (Å²) in [5, 5.41) is 9.25. The Bertz CT molecular complexity index is 1160. The van der Waals surface area contributed by atoms with Crippen molar-refractivity contribution in [3.63, 3.8) is 0 Å². The summed E-state index contributed by atoms with van der Waals surface area (Å²) in [6.07, 6.45) is 1.87. The first-order chi connectivity index (χ1) is 16.5. The van der Waals surface area contributed by atoms with Crippen LogP contribution in [0.1, 0.15) is 55.1 Å². The maximum atomic E-state index is 11.3. The van der Waals surface area contributed by atoms with Gasteiger partial charge in [-0.1, -0.05) is 45.0 Å². The quantitative estimate of drug-likeness (QED) is 0.290. The molecular weight excluding hydrogens is 460 g/mol. The third-order valence-corrected chi connectivity index (χ3v) is 6.27. The smallest absolute Gasteiger partial charge is 0.335 e. The largest absolute Gasteiger partial charge is 0.478 e. The second kappa shape index (κ2) is 11.6. The van der Waals surface area contributed by atoms with Gasteiger partial charge in [0.2, 0.25) is 11.8 Å². The van der Waals surface area contributed by atoms with Crippen LogP contribution in [0.15, 0.2) is 53.4 Å². The molecule has 0 spiro atoms. The van der Waals surface area contributed by atoms with E-state index in [0.717, 1.165) is 40.1 Å². The summed E-state index contributed by atoms with van der Waals surface area (Å²) < 4.78 is 9.15. The third kappa shape index (κ3) is 7.97. The molecule has 4 N–H and O–H groups in total. The molecule has 0 saturated carbocycles. The van der Waals surface area contributed by atoms with Crippen molar-refractivity contribution >= 4 is 23.9 Å². The summed E-state index contributed by atoms with van der Waals surface area (Å²) >= 11 is 1.24. The van der Waals surface area contributed by atoms with E-state index in [9.17, 15) is 9.90 Å². The first kappa shape index (κ1) is 26.5. The van der Waals surface area contributed by atoms with Crippen LogP contribution < -0.4 is 15.2 Å². The molecule has 0 amide bonds. The number of carbonyl (C=O) groups is 1. The highest BCUT2D eigenvalue weighted by molar-refractivity contribution is 8.00. The van der Waals surface area contributed by atoms with E-state index >= 15 is 0 Å². The number of ether oxygens (including phenoxy) is 1. The molecule has 0 bridgehead atoms. The lowest BCUT2D eigenvalue weighted by Gasteiger charge is -2.21. The van der Waals surface area contributed by atoms with Crippen molar-refractivity contribution in [2.45, 2.75) is 58.4 Å². The van der Waals surface area contributed by atoms with Crippen molar-refractivity contribution in [3.8, 4) is 17.1 Å². The second-order valence-electron chi connectivity index (χ2n) is 9.89. The molecular formula is C27H34N4O3S. The lowest BCUT2D eigenvalue weighted by atomic mass is 9.89. The van der Waals surface area contributed by atoms with Crippen LogP contribution in [0.4, 0.5) is 5.95 Å². The Morgan fingerprint density at radius 2 is 1.80 bits per heavy atom. The van der Waals surface area contributed by atoms with Gasteiger partial charge in [-0.05, 0) is 73.4 Å². The number of carboxylic acid groups (broad SMARTS) is 1. The average Bonchev–Trinajstić information content (AvgIpc) is 2.79. The average molecular weight is 495 g/mol. The minimum absolute atomic E-state index is 0.0996. The Morgan fingerprint density at radius 1 is 1.11 bits per heavy atom. The molecule has 1 heterocycles. The normalized spacial score (nSPS) is 12.3. The number of aromatic nitrogens is 2. The zero-order valence-corrected chi connectivity index (χ0v) is 21.8.